The van der Waals surface area contributed by atoms with E-state index in [1.165, 1.54) is 0 Å². The molecular formula is C16H21N3O4. The maximum Gasteiger partial charge on any atom is 0.409 e. The van der Waals surface area contributed by atoms with Crippen LogP contribution < -0.4 is 10.1 Å². The minimum atomic E-state index is -0.314. The normalized spacial score (nSPS) is 16.6. The van der Waals surface area contributed by atoms with Gasteiger partial charge >= 0.3 is 12.1 Å². The highest BCUT2D eigenvalue weighted by atomic mass is 16.6. The molecule has 0 unspecified atom stereocenters. The first kappa shape index (κ1) is 15.5. The fraction of sp³-hybridized carbons (Fsp3) is 0.500. The molecule has 1 saturated heterocycles. The smallest absolute Gasteiger partial charge is 0.409 e. The predicted molar refractivity (Wildman–Crippen MR) is 84.8 cm³/mol. The largest absolute Gasteiger partial charge is 0.493 e. The number of ether oxygens (including phenoxy) is 2. The standard InChI is InChI=1S/C16H21N3O4/c1-2-22-16(21)19-8-6-18(7-9-19)15(20)17-13-3-4-14-12(11-13)5-10-23-14/h3-4,11H,2,5-10H2,1H3,(H,17,20). The first-order valence-corrected chi connectivity index (χ1v) is 7.90. The summed E-state index contributed by atoms with van der Waals surface area (Å²) in [6.07, 6.45) is 0.559. The van der Waals surface area contributed by atoms with Gasteiger partial charge < -0.3 is 24.6 Å². The number of nitrogens with one attached hydrogen (secondary N) is 1. The summed E-state index contributed by atoms with van der Waals surface area (Å²) in [5.74, 6) is 0.894. The molecule has 2 aliphatic rings. The number of rotatable bonds is 2. The van der Waals surface area contributed by atoms with E-state index in [2.05, 4.69) is 5.32 Å². The number of piperazine rings is 1. The van der Waals surface area contributed by atoms with Gasteiger partial charge in [0.25, 0.3) is 0 Å². The highest BCUT2D eigenvalue weighted by Gasteiger charge is 2.25. The average Bonchev–Trinajstić information content (AvgIpc) is 3.03. The number of amides is 3. The summed E-state index contributed by atoms with van der Waals surface area (Å²) < 4.78 is 10.4. The number of anilines is 1. The fourth-order valence-electron chi connectivity index (χ4n) is 2.77. The number of hydrogen-bond acceptors (Lipinski definition) is 4. The molecule has 124 valence electrons. The Balaban J connectivity index is 1.53. The fourth-order valence-corrected chi connectivity index (χ4v) is 2.77. The van der Waals surface area contributed by atoms with E-state index in [9.17, 15) is 9.59 Å². The van der Waals surface area contributed by atoms with Crippen LogP contribution in [-0.4, -0.2) is 61.3 Å². The molecule has 0 atom stereocenters. The third-order valence-electron chi connectivity index (χ3n) is 4.03. The Hall–Kier alpha value is -2.44. The van der Waals surface area contributed by atoms with Crippen molar-refractivity contribution < 1.29 is 19.1 Å². The molecule has 1 aromatic rings. The molecule has 0 aliphatic carbocycles. The van der Waals surface area contributed by atoms with Crippen molar-refractivity contribution >= 4 is 17.8 Å². The van der Waals surface area contributed by atoms with E-state index >= 15 is 0 Å². The highest BCUT2D eigenvalue weighted by Crippen LogP contribution is 2.27. The maximum atomic E-state index is 12.3. The number of nitrogens with zero attached hydrogens (tertiary/aromatic N) is 2. The zero-order chi connectivity index (χ0) is 16.2. The molecule has 7 nitrogen and oxygen atoms in total. The van der Waals surface area contributed by atoms with Crippen molar-refractivity contribution in [2.75, 3.05) is 44.7 Å². The van der Waals surface area contributed by atoms with Gasteiger partial charge in [-0.1, -0.05) is 0 Å². The van der Waals surface area contributed by atoms with Crippen molar-refractivity contribution in [2.45, 2.75) is 13.3 Å². The van der Waals surface area contributed by atoms with E-state index in [1.807, 2.05) is 18.2 Å². The summed E-state index contributed by atoms with van der Waals surface area (Å²) in [4.78, 5) is 27.3. The van der Waals surface area contributed by atoms with Gasteiger partial charge in [0.05, 0.1) is 13.2 Å². The molecule has 7 heteroatoms. The average molecular weight is 319 g/mol. The molecule has 2 heterocycles. The van der Waals surface area contributed by atoms with Gasteiger partial charge in [-0.25, -0.2) is 9.59 Å². The third kappa shape index (κ3) is 3.49. The van der Waals surface area contributed by atoms with Gasteiger partial charge in [-0.05, 0) is 30.7 Å². The highest BCUT2D eigenvalue weighted by molar-refractivity contribution is 5.89. The molecule has 0 bridgehead atoms. The van der Waals surface area contributed by atoms with Crippen LogP contribution in [0.3, 0.4) is 0 Å². The molecule has 2 aliphatic heterocycles. The number of fused-ring (bicyclic) bond motifs is 1. The molecule has 0 spiro atoms. The molecule has 0 aromatic heterocycles. The van der Waals surface area contributed by atoms with E-state index in [1.54, 1.807) is 16.7 Å². The van der Waals surface area contributed by atoms with Crippen molar-refractivity contribution in [1.29, 1.82) is 0 Å². The van der Waals surface area contributed by atoms with Crippen LogP contribution in [0.5, 0.6) is 5.75 Å². The predicted octanol–water partition coefficient (Wildman–Crippen LogP) is 1.93. The summed E-state index contributed by atoms with van der Waals surface area (Å²) in [6.45, 7) is 4.82. The van der Waals surface area contributed by atoms with Crippen LogP contribution in [0.4, 0.5) is 15.3 Å². The Morgan fingerprint density at radius 3 is 2.70 bits per heavy atom. The summed E-state index contributed by atoms with van der Waals surface area (Å²) in [5.41, 5.74) is 1.89. The van der Waals surface area contributed by atoms with Crippen LogP contribution in [0.15, 0.2) is 18.2 Å². The van der Waals surface area contributed by atoms with Gasteiger partial charge in [0.15, 0.2) is 0 Å². The monoisotopic (exact) mass is 319 g/mol. The molecule has 0 saturated carbocycles. The number of carbonyl (C=O) groups excluding carboxylic acids is 2. The van der Waals surface area contributed by atoms with Crippen molar-refractivity contribution in [3.63, 3.8) is 0 Å². The van der Waals surface area contributed by atoms with Crippen LogP contribution in [-0.2, 0) is 11.2 Å². The first-order valence-electron chi connectivity index (χ1n) is 7.90. The Labute approximate surface area is 135 Å². The molecule has 23 heavy (non-hydrogen) atoms. The summed E-state index contributed by atoms with van der Waals surface area (Å²) in [7, 11) is 0. The lowest BCUT2D eigenvalue weighted by atomic mass is 10.1. The first-order chi connectivity index (χ1) is 11.2. The van der Waals surface area contributed by atoms with Crippen LogP contribution in [0.25, 0.3) is 0 Å². The van der Waals surface area contributed by atoms with Crippen molar-refractivity contribution in [3.8, 4) is 5.75 Å². The number of benzene rings is 1. The van der Waals surface area contributed by atoms with Gasteiger partial charge in [-0.3, -0.25) is 0 Å². The second kappa shape index (κ2) is 6.76. The van der Waals surface area contributed by atoms with E-state index in [0.717, 1.165) is 23.4 Å². The van der Waals surface area contributed by atoms with E-state index < -0.39 is 0 Å². The van der Waals surface area contributed by atoms with Gasteiger partial charge in [0.2, 0.25) is 0 Å². The quantitative estimate of drug-likeness (QED) is 0.904. The van der Waals surface area contributed by atoms with Crippen LogP contribution in [0.1, 0.15) is 12.5 Å². The summed E-state index contributed by atoms with van der Waals surface area (Å²) in [6, 6.07) is 5.54. The number of urea groups is 1. The van der Waals surface area contributed by atoms with Crippen LogP contribution >= 0.6 is 0 Å². The minimum Gasteiger partial charge on any atom is -0.493 e. The maximum absolute atomic E-state index is 12.3. The van der Waals surface area contributed by atoms with Crippen molar-refractivity contribution in [2.24, 2.45) is 0 Å². The van der Waals surface area contributed by atoms with Gasteiger partial charge in [0.1, 0.15) is 5.75 Å². The van der Waals surface area contributed by atoms with Crippen LogP contribution in [0, 0.1) is 0 Å². The molecule has 3 amide bonds. The zero-order valence-corrected chi connectivity index (χ0v) is 13.2. The van der Waals surface area contributed by atoms with Crippen molar-refractivity contribution in [3.05, 3.63) is 23.8 Å². The van der Waals surface area contributed by atoms with Crippen molar-refractivity contribution in [1.82, 2.24) is 9.80 Å². The summed E-state index contributed by atoms with van der Waals surface area (Å²) in [5, 5.41) is 2.91. The minimum absolute atomic E-state index is 0.146. The summed E-state index contributed by atoms with van der Waals surface area (Å²) >= 11 is 0. The van der Waals surface area contributed by atoms with Gasteiger partial charge in [-0.2, -0.15) is 0 Å². The van der Waals surface area contributed by atoms with Gasteiger partial charge in [-0.15, -0.1) is 0 Å². The van der Waals surface area contributed by atoms with Crippen LogP contribution in [0.2, 0.25) is 0 Å². The molecule has 1 fully saturated rings. The second-order valence-corrected chi connectivity index (χ2v) is 5.52. The second-order valence-electron chi connectivity index (χ2n) is 5.52. The number of hydrogen-bond donors (Lipinski definition) is 1. The Morgan fingerprint density at radius 1 is 1.22 bits per heavy atom. The van der Waals surface area contributed by atoms with Gasteiger partial charge in [0, 0.05) is 38.3 Å². The van der Waals surface area contributed by atoms with E-state index in [-0.39, 0.29) is 12.1 Å². The topological polar surface area (TPSA) is 71.1 Å². The van der Waals surface area contributed by atoms with E-state index in [0.29, 0.717) is 39.4 Å². The van der Waals surface area contributed by atoms with E-state index in [4.69, 9.17) is 9.47 Å². The number of carbonyl (C=O) groups is 2. The Kier molecular flexibility index (Phi) is 4.55. The molecule has 1 aromatic carbocycles. The lowest BCUT2D eigenvalue weighted by Crippen LogP contribution is -2.51. The molecule has 1 N–H and O–H groups in total. The SMILES string of the molecule is CCOC(=O)N1CCN(C(=O)Nc2ccc3c(c2)CCO3)CC1. The third-order valence-corrected chi connectivity index (χ3v) is 4.03. The zero-order valence-electron chi connectivity index (χ0n) is 13.2. The lowest BCUT2D eigenvalue weighted by molar-refractivity contribution is 0.0868. The lowest BCUT2D eigenvalue weighted by Gasteiger charge is -2.34. The Morgan fingerprint density at radius 2 is 1.96 bits per heavy atom. The molecule has 3 rings (SSSR count). The molecular weight excluding hydrogens is 298 g/mol. The molecule has 0 radical (unpaired) electrons. The Bertz CT molecular complexity index is 597.